The molecule has 0 aliphatic heterocycles. The number of phenolic OH excluding ortho intramolecular Hbond substituents is 1. The van der Waals surface area contributed by atoms with Gasteiger partial charge in [-0.05, 0) is 47.7 Å². The van der Waals surface area contributed by atoms with Gasteiger partial charge in [-0.25, -0.2) is 0 Å². The van der Waals surface area contributed by atoms with Crippen molar-refractivity contribution < 1.29 is 10.2 Å². The molecule has 3 nitrogen and oxygen atoms in total. The Morgan fingerprint density at radius 1 is 1.19 bits per heavy atom. The molecule has 1 aliphatic rings. The molecule has 3 rings (SSSR count). The van der Waals surface area contributed by atoms with E-state index in [0.29, 0.717) is 6.54 Å². The van der Waals surface area contributed by atoms with Crippen molar-refractivity contribution in [2.45, 2.75) is 24.9 Å². The lowest BCUT2D eigenvalue weighted by Crippen LogP contribution is -2.43. The third-order valence-corrected chi connectivity index (χ3v) is 5.04. The molecule has 1 atom stereocenters. The first kappa shape index (κ1) is 14.6. The fraction of sp³-hybridized carbons (Fsp3) is 0.294. The van der Waals surface area contributed by atoms with Gasteiger partial charge in [-0.1, -0.05) is 40.2 Å². The maximum atomic E-state index is 9.94. The highest BCUT2D eigenvalue weighted by molar-refractivity contribution is 9.10. The van der Waals surface area contributed by atoms with Gasteiger partial charge < -0.3 is 15.5 Å². The summed E-state index contributed by atoms with van der Waals surface area (Å²) in [5.41, 5.74) is 3.08. The molecule has 21 heavy (non-hydrogen) atoms. The van der Waals surface area contributed by atoms with Gasteiger partial charge in [0.1, 0.15) is 5.75 Å². The van der Waals surface area contributed by atoms with Crippen LogP contribution in [0.5, 0.6) is 5.75 Å². The van der Waals surface area contributed by atoms with E-state index in [-0.39, 0.29) is 17.9 Å². The second-order valence-corrected chi connectivity index (χ2v) is 6.38. The minimum absolute atomic E-state index is 0.0699. The molecule has 0 radical (unpaired) electrons. The third kappa shape index (κ3) is 2.71. The van der Waals surface area contributed by atoms with Crippen molar-refractivity contribution in [2.24, 2.45) is 0 Å². The summed E-state index contributed by atoms with van der Waals surface area (Å²) in [6, 6.07) is 13.5. The summed E-state index contributed by atoms with van der Waals surface area (Å²) >= 11 is 3.50. The molecule has 0 fully saturated rings. The van der Waals surface area contributed by atoms with Crippen molar-refractivity contribution in [1.29, 1.82) is 0 Å². The van der Waals surface area contributed by atoms with Gasteiger partial charge in [-0.3, -0.25) is 0 Å². The summed E-state index contributed by atoms with van der Waals surface area (Å²) in [4.78, 5) is 0. The summed E-state index contributed by atoms with van der Waals surface area (Å²) in [5, 5.41) is 23.0. The van der Waals surface area contributed by atoms with E-state index in [1.807, 2.05) is 18.2 Å². The number of rotatable bonds is 4. The number of nitrogens with one attached hydrogen (secondary N) is 1. The molecule has 1 unspecified atom stereocenters. The van der Waals surface area contributed by atoms with Gasteiger partial charge in [-0.15, -0.1) is 0 Å². The Morgan fingerprint density at radius 3 is 2.81 bits per heavy atom. The lowest BCUT2D eigenvalue weighted by atomic mass is 9.92. The lowest BCUT2D eigenvalue weighted by molar-refractivity contribution is 0.158. The number of benzene rings is 2. The largest absolute Gasteiger partial charge is 0.508 e. The summed E-state index contributed by atoms with van der Waals surface area (Å²) in [7, 11) is 0. The molecule has 0 aromatic heterocycles. The average molecular weight is 348 g/mol. The van der Waals surface area contributed by atoms with Crippen LogP contribution >= 0.6 is 15.9 Å². The summed E-state index contributed by atoms with van der Waals surface area (Å²) < 4.78 is 0.951. The van der Waals surface area contributed by atoms with E-state index in [4.69, 9.17) is 0 Å². The SMILES string of the molecule is OCC1(NCc2cc(O)ccc2Br)CCc2ccccc21. The molecule has 0 amide bonds. The Balaban J connectivity index is 1.85. The van der Waals surface area contributed by atoms with E-state index < -0.39 is 0 Å². The number of aliphatic hydroxyl groups excluding tert-OH is 1. The zero-order chi connectivity index (χ0) is 14.9. The van der Waals surface area contributed by atoms with E-state index in [2.05, 4.69) is 33.4 Å². The van der Waals surface area contributed by atoms with Crippen molar-refractivity contribution in [2.75, 3.05) is 6.61 Å². The normalized spacial score (nSPS) is 20.5. The van der Waals surface area contributed by atoms with E-state index in [1.54, 1.807) is 12.1 Å². The third-order valence-electron chi connectivity index (χ3n) is 4.27. The molecule has 0 spiro atoms. The van der Waals surface area contributed by atoms with Crippen LogP contribution in [0.15, 0.2) is 46.9 Å². The quantitative estimate of drug-likeness (QED) is 0.796. The molecule has 0 heterocycles. The molecular formula is C17H18BrNO2. The first-order valence-corrected chi connectivity index (χ1v) is 7.85. The Hall–Kier alpha value is -1.36. The second kappa shape index (κ2) is 5.79. The van der Waals surface area contributed by atoms with Crippen LogP contribution in [0, 0.1) is 0 Å². The van der Waals surface area contributed by atoms with Crippen molar-refractivity contribution in [1.82, 2.24) is 5.32 Å². The number of aryl methyl sites for hydroxylation is 1. The number of hydrogen-bond donors (Lipinski definition) is 3. The predicted molar refractivity (Wildman–Crippen MR) is 86.2 cm³/mol. The van der Waals surface area contributed by atoms with Crippen LogP contribution in [0.2, 0.25) is 0 Å². The molecule has 0 saturated heterocycles. The van der Waals surface area contributed by atoms with Gasteiger partial charge in [0, 0.05) is 11.0 Å². The van der Waals surface area contributed by atoms with Crippen LogP contribution < -0.4 is 5.32 Å². The predicted octanol–water partition coefficient (Wildman–Crippen LogP) is 3.08. The second-order valence-electron chi connectivity index (χ2n) is 5.53. The van der Waals surface area contributed by atoms with Crippen molar-refractivity contribution in [3.05, 3.63) is 63.6 Å². The molecule has 2 aromatic carbocycles. The van der Waals surface area contributed by atoms with Crippen molar-refractivity contribution >= 4 is 15.9 Å². The Bertz CT molecular complexity index is 659. The minimum atomic E-state index is -0.387. The van der Waals surface area contributed by atoms with E-state index in [1.165, 1.54) is 11.1 Å². The number of phenols is 1. The molecular weight excluding hydrogens is 330 g/mol. The molecule has 1 aliphatic carbocycles. The van der Waals surface area contributed by atoms with Crippen LogP contribution in [0.1, 0.15) is 23.1 Å². The molecule has 110 valence electrons. The number of halogens is 1. The van der Waals surface area contributed by atoms with Crippen LogP contribution in [0.3, 0.4) is 0 Å². The standard InChI is InChI=1S/C17H18BrNO2/c18-16-6-5-14(21)9-13(16)10-19-17(11-20)8-7-12-3-1-2-4-15(12)17/h1-6,9,19-21H,7-8,10-11H2. The molecule has 0 bridgehead atoms. The van der Waals surface area contributed by atoms with Crippen molar-refractivity contribution in [3.8, 4) is 5.75 Å². The maximum Gasteiger partial charge on any atom is 0.115 e. The van der Waals surface area contributed by atoms with Crippen LogP contribution in [-0.2, 0) is 18.5 Å². The average Bonchev–Trinajstić information content (AvgIpc) is 2.88. The van der Waals surface area contributed by atoms with Crippen LogP contribution in [-0.4, -0.2) is 16.8 Å². The highest BCUT2D eigenvalue weighted by Crippen LogP contribution is 2.37. The zero-order valence-corrected chi connectivity index (χ0v) is 13.2. The van der Waals surface area contributed by atoms with Crippen LogP contribution in [0.4, 0.5) is 0 Å². The van der Waals surface area contributed by atoms with Crippen molar-refractivity contribution in [3.63, 3.8) is 0 Å². The van der Waals surface area contributed by atoms with Crippen LogP contribution in [0.25, 0.3) is 0 Å². The van der Waals surface area contributed by atoms with Gasteiger partial charge in [-0.2, -0.15) is 0 Å². The Kier molecular flexibility index (Phi) is 4.02. The number of aliphatic hydroxyl groups is 1. The highest BCUT2D eigenvalue weighted by atomic mass is 79.9. The Labute approximate surface area is 132 Å². The molecule has 0 saturated carbocycles. The number of fused-ring (bicyclic) bond motifs is 1. The number of aromatic hydroxyl groups is 1. The van der Waals surface area contributed by atoms with E-state index in [0.717, 1.165) is 22.9 Å². The topological polar surface area (TPSA) is 52.5 Å². The lowest BCUT2D eigenvalue weighted by Gasteiger charge is -2.30. The smallest absolute Gasteiger partial charge is 0.115 e. The highest BCUT2D eigenvalue weighted by Gasteiger charge is 2.37. The van der Waals surface area contributed by atoms with Gasteiger partial charge in [0.05, 0.1) is 12.1 Å². The first-order valence-electron chi connectivity index (χ1n) is 7.06. The molecule has 4 heteroatoms. The first-order chi connectivity index (χ1) is 10.1. The maximum absolute atomic E-state index is 9.94. The Morgan fingerprint density at radius 2 is 2.00 bits per heavy atom. The monoisotopic (exact) mass is 347 g/mol. The number of hydrogen-bond acceptors (Lipinski definition) is 3. The molecule has 2 aromatic rings. The fourth-order valence-corrected chi connectivity index (χ4v) is 3.44. The zero-order valence-electron chi connectivity index (χ0n) is 11.6. The van der Waals surface area contributed by atoms with Gasteiger partial charge >= 0.3 is 0 Å². The van der Waals surface area contributed by atoms with E-state index >= 15 is 0 Å². The fourth-order valence-electron chi connectivity index (χ4n) is 3.05. The van der Waals surface area contributed by atoms with E-state index in [9.17, 15) is 10.2 Å². The van der Waals surface area contributed by atoms with Gasteiger partial charge in [0.25, 0.3) is 0 Å². The summed E-state index contributed by atoms with van der Waals surface area (Å²) in [6.07, 6.45) is 1.87. The van der Waals surface area contributed by atoms with Gasteiger partial charge in [0.2, 0.25) is 0 Å². The van der Waals surface area contributed by atoms with Gasteiger partial charge in [0.15, 0.2) is 0 Å². The summed E-state index contributed by atoms with van der Waals surface area (Å²) in [6.45, 7) is 0.657. The molecule has 3 N–H and O–H groups in total. The summed E-state index contributed by atoms with van der Waals surface area (Å²) in [5.74, 6) is 0.250. The minimum Gasteiger partial charge on any atom is -0.508 e.